The van der Waals surface area contributed by atoms with E-state index >= 15 is 0 Å². The molecule has 4 nitrogen and oxygen atoms in total. The Labute approximate surface area is 88.5 Å². The van der Waals surface area contributed by atoms with E-state index in [4.69, 9.17) is 24.4 Å². The van der Waals surface area contributed by atoms with E-state index in [1.165, 1.54) is 12.4 Å². The summed E-state index contributed by atoms with van der Waals surface area (Å²) in [6.45, 7) is 3.70. The second-order valence-electron chi connectivity index (χ2n) is 2.11. The predicted octanol–water partition coefficient (Wildman–Crippen LogP) is 1.22. The third kappa shape index (κ3) is 9.03. The lowest BCUT2D eigenvalue weighted by atomic mass is 10.5. The Morgan fingerprint density at radius 1 is 1.23 bits per heavy atom. The maximum absolute atomic E-state index is 4.87. The van der Waals surface area contributed by atoms with E-state index in [9.17, 15) is 0 Å². The van der Waals surface area contributed by atoms with E-state index in [2.05, 4.69) is 21.1 Å². The summed E-state index contributed by atoms with van der Waals surface area (Å²) in [4.78, 5) is 1.31. The van der Waals surface area contributed by atoms with Crippen molar-refractivity contribution in [2.24, 2.45) is 10.2 Å². The van der Waals surface area contributed by atoms with Gasteiger partial charge in [-0.05, 0) is 13.3 Å². The van der Waals surface area contributed by atoms with Gasteiger partial charge in [0.2, 0.25) is 0 Å². The zero-order valence-corrected chi connectivity index (χ0v) is 9.21. The Morgan fingerprint density at radius 2 is 1.77 bits per heavy atom. The second kappa shape index (κ2) is 7.75. The summed E-state index contributed by atoms with van der Waals surface area (Å²) in [5, 5.41) is 7.53. The summed E-state index contributed by atoms with van der Waals surface area (Å²) in [5.74, 6) is 0. The monoisotopic (exact) mass is 216 g/mol. The fraction of sp³-hybridized carbons (Fsp3) is 0.429. The topological polar surface area (TPSA) is 48.8 Å². The normalized spacial score (nSPS) is 10.6. The number of thiocarbonyl (C=S) groups is 2. The quantitative estimate of drug-likeness (QED) is 0.421. The molecular formula is C7H12N4S2. The van der Waals surface area contributed by atoms with Crippen LogP contribution in [0.5, 0.6) is 0 Å². The van der Waals surface area contributed by atoms with Gasteiger partial charge in [-0.2, -0.15) is 10.2 Å². The largest absolute Gasteiger partial charge is 0.272 e. The molecule has 0 aliphatic rings. The number of hydrazone groups is 2. The fourth-order valence-corrected chi connectivity index (χ4v) is 0.489. The highest BCUT2D eigenvalue weighted by Gasteiger charge is 1.83. The Kier molecular flexibility index (Phi) is 7.23. The van der Waals surface area contributed by atoms with Crippen LogP contribution in [0.25, 0.3) is 0 Å². The molecule has 0 radical (unpaired) electrons. The van der Waals surface area contributed by atoms with Crippen LogP contribution < -0.4 is 10.9 Å². The molecule has 0 rings (SSSR count). The van der Waals surface area contributed by atoms with Gasteiger partial charge in [0.25, 0.3) is 0 Å². The molecule has 0 saturated heterocycles. The van der Waals surface area contributed by atoms with Gasteiger partial charge in [-0.25, -0.2) is 0 Å². The Morgan fingerprint density at radius 3 is 2.23 bits per heavy atom. The second-order valence-corrected chi connectivity index (χ2v) is 3.22. The highest BCUT2D eigenvalue weighted by molar-refractivity contribution is 7.80. The summed E-state index contributed by atoms with van der Waals surface area (Å²) >= 11 is 9.60. The predicted molar refractivity (Wildman–Crippen MR) is 64.4 cm³/mol. The SMILES string of the molecule is CCC(=S)N/N=C/C=N/NC(C)=S. The first-order valence-corrected chi connectivity index (χ1v) is 4.58. The Balaban J connectivity index is 3.57. The van der Waals surface area contributed by atoms with Crippen LogP contribution in [-0.4, -0.2) is 22.4 Å². The van der Waals surface area contributed by atoms with E-state index in [-0.39, 0.29) is 0 Å². The zero-order chi connectivity index (χ0) is 10.1. The molecule has 0 unspecified atom stereocenters. The summed E-state index contributed by atoms with van der Waals surface area (Å²) in [7, 11) is 0. The van der Waals surface area contributed by atoms with Crippen LogP contribution in [0.3, 0.4) is 0 Å². The molecule has 6 heteroatoms. The first kappa shape index (κ1) is 12.1. The molecular weight excluding hydrogens is 204 g/mol. The van der Waals surface area contributed by atoms with Crippen molar-refractivity contribution in [3.8, 4) is 0 Å². The van der Waals surface area contributed by atoms with Crippen LogP contribution in [-0.2, 0) is 0 Å². The van der Waals surface area contributed by atoms with E-state index in [0.717, 1.165) is 6.42 Å². The first-order valence-electron chi connectivity index (χ1n) is 3.77. The molecule has 72 valence electrons. The molecule has 0 aliphatic heterocycles. The average Bonchev–Trinajstić information content (AvgIpc) is 2.10. The summed E-state index contributed by atoms with van der Waals surface area (Å²) in [5.41, 5.74) is 5.27. The molecule has 0 amide bonds. The van der Waals surface area contributed by atoms with Crippen molar-refractivity contribution in [1.82, 2.24) is 10.9 Å². The molecule has 2 N–H and O–H groups in total. The summed E-state index contributed by atoms with van der Waals surface area (Å²) in [6, 6.07) is 0. The smallest absolute Gasteiger partial charge is 0.0958 e. The molecule has 0 bridgehead atoms. The van der Waals surface area contributed by atoms with E-state index in [0.29, 0.717) is 9.98 Å². The van der Waals surface area contributed by atoms with Crippen LogP contribution in [0.2, 0.25) is 0 Å². The van der Waals surface area contributed by atoms with Crippen molar-refractivity contribution < 1.29 is 0 Å². The van der Waals surface area contributed by atoms with Gasteiger partial charge >= 0.3 is 0 Å². The lowest BCUT2D eigenvalue weighted by molar-refractivity contribution is 1.01. The van der Waals surface area contributed by atoms with Gasteiger partial charge in [-0.3, -0.25) is 10.9 Å². The minimum Gasteiger partial charge on any atom is -0.272 e. The maximum atomic E-state index is 4.87. The lowest BCUT2D eigenvalue weighted by Gasteiger charge is -1.95. The molecule has 0 atom stereocenters. The molecule has 0 aromatic carbocycles. The molecule has 0 aromatic rings. The number of nitrogens with one attached hydrogen (secondary N) is 2. The standard InChI is InChI=1S/C7H12N4S2/c1-3-7(13)11-9-5-4-8-10-6(2)12/h4-5H,3H2,1-2H3,(H,10,12)(H,11,13)/b8-4+,9-5+. The summed E-state index contributed by atoms with van der Waals surface area (Å²) in [6.07, 6.45) is 3.76. The average molecular weight is 216 g/mol. The number of hydrogen-bond acceptors (Lipinski definition) is 4. The number of hydrogen-bond donors (Lipinski definition) is 2. The molecule has 0 heterocycles. The molecule has 0 fully saturated rings. The van der Waals surface area contributed by atoms with Gasteiger partial charge < -0.3 is 0 Å². The van der Waals surface area contributed by atoms with Gasteiger partial charge in [0.15, 0.2) is 0 Å². The highest BCUT2D eigenvalue weighted by Crippen LogP contribution is 1.77. The van der Waals surface area contributed by atoms with Crippen molar-refractivity contribution in [3.05, 3.63) is 0 Å². The minimum absolute atomic E-state index is 0.613. The van der Waals surface area contributed by atoms with Crippen molar-refractivity contribution in [1.29, 1.82) is 0 Å². The molecule has 0 aromatic heterocycles. The van der Waals surface area contributed by atoms with Crippen molar-refractivity contribution in [2.45, 2.75) is 20.3 Å². The van der Waals surface area contributed by atoms with Crippen LogP contribution in [0.4, 0.5) is 0 Å². The molecule has 0 saturated carbocycles. The zero-order valence-electron chi connectivity index (χ0n) is 7.57. The van der Waals surface area contributed by atoms with Gasteiger partial charge in [0.1, 0.15) is 0 Å². The molecule has 0 aliphatic carbocycles. The third-order valence-corrected chi connectivity index (χ3v) is 1.42. The van der Waals surface area contributed by atoms with Crippen LogP contribution >= 0.6 is 24.4 Å². The Hall–Kier alpha value is -0.880. The highest BCUT2D eigenvalue weighted by atomic mass is 32.1. The maximum Gasteiger partial charge on any atom is 0.0958 e. The molecule has 13 heavy (non-hydrogen) atoms. The van der Waals surface area contributed by atoms with E-state index < -0.39 is 0 Å². The minimum atomic E-state index is 0.613. The van der Waals surface area contributed by atoms with Crippen molar-refractivity contribution >= 4 is 46.8 Å². The number of nitrogens with zero attached hydrogens (tertiary/aromatic N) is 2. The van der Waals surface area contributed by atoms with E-state index in [1.807, 2.05) is 6.92 Å². The third-order valence-electron chi connectivity index (χ3n) is 0.948. The fourth-order valence-electron chi connectivity index (χ4n) is 0.383. The van der Waals surface area contributed by atoms with Crippen molar-refractivity contribution in [2.75, 3.05) is 0 Å². The first-order chi connectivity index (χ1) is 6.16. The van der Waals surface area contributed by atoms with Crippen LogP contribution in [0, 0.1) is 0 Å². The van der Waals surface area contributed by atoms with Gasteiger partial charge in [0, 0.05) is 0 Å². The number of rotatable bonds is 4. The van der Waals surface area contributed by atoms with Gasteiger partial charge in [-0.1, -0.05) is 31.4 Å². The van der Waals surface area contributed by atoms with Crippen LogP contribution in [0.15, 0.2) is 10.2 Å². The summed E-state index contributed by atoms with van der Waals surface area (Å²) < 4.78 is 0. The lowest BCUT2D eigenvalue weighted by Crippen LogP contribution is -2.14. The van der Waals surface area contributed by atoms with Crippen LogP contribution in [0.1, 0.15) is 20.3 Å². The van der Waals surface area contributed by atoms with Gasteiger partial charge in [0.05, 0.1) is 22.4 Å². The Bertz CT molecular complexity index is 235. The molecule has 0 spiro atoms. The van der Waals surface area contributed by atoms with Crippen molar-refractivity contribution in [3.63, 3.8) is 0 Å². The van der Waals surface area contributed by atoms with E-state index in [1.54, 1.807) is 6.92 Å². The van der Waals surface area contributed by atoms with Gasteiger partial charge in [-0.15, -0.1) is 0 Å².